The number of aryl methyl sites for hydroxylation is 1. The molecule has 0 aliphatic carbocycles. The fraction of sp³-hybridized carbons (Fsp3) is 0.250. The van der Waals surface area contributed by atoms with Gasteiger partial charge in [0.05, 0.1) is 12.1 Å². The zero-order valence-electron chi connectivity index (χ0n) is 9.77. The minimum absolute atomic E-state index is 0.0444. The maximum atomic E-state index is 13.7. The zero-order valence-corrected chi connectivity index (χ0v) is 9.77. The summed E-state index contributed by atoms with van der Waals surface area (Å²) in [6.07, 6.45) is 0. The lowest BCUT2D eigenvalue weighted by molar-refractivity contribution is 0.363. The van der Waals surface area contributed by atoms with Gasteiger partial charge in [0.2, 0.25) is 5.89 Å². The SMILES string of the molecule is Cc1noc(CNCc2cccc(C#N)c2F)n1. The molecule has 0 unspecified atom stereocenters. The van der Waals surface area contributed by atoms with Crippen LogP contribution in [0.15, 0.2) is 22.7 Å². The van der Waals surface area contributed by atoms with E-state index in [0.29, 0.717) is 30.4 Å². The van der Waals surface area contributed by atoms with Crippen molar-refractivity contribution in [1.29, 1.82) is 5.26 Å². The molecule has 0 saturated heterocycles. The Balaban J connectivity index is 1.97. The summed E-state index contributed by atoms with van der Waals surface area (Å²) in [5.74, 6) is 0.517. The van der Waals surface area contributed by atoms with E-state index < -0.39 is 5.82 Å². The molecule has 1 heterocycles. The van der Waals surface area contributed by atoms with E-state index in [4.69, 9.17) is 9.78 Å². The van der Waals surface area contributed by atoms with E-state index in [0.717, 1.165) is 0 Å². The predicted molar refractivity (Wildman–Crippen MR) is 60.7 cm³/mol. The molecule has 1 aromatic carbocycles. The number of aromatic nitrogens is 2. The molecule has 0 atom stereocenters. The first-order valence-corrected chi connectivity index (χ1v) is 5.38. The molecule has 0 bridgehead atoms. The first-order valence-electron chi connectivity index (χ1n) is 5.38. The van der Waals surface area contributed by atoms with Crippen molar-refractivity contribution >= 4 is 0 Å². The highest BCUT2D eigenvalue weighted by Gasteiger charge is 2.08. The Labute approximate surface area is 103 Å². The van der Waals surface area contributed by atoms with Crippen LogP contribution in [0.3, 0.4) is 0 Å². The van der Waals surface area contributed by atoms with Gasteiger partial charge in [-0.15, -0.1) is 0 Å². The van der Waals surface area contributed by atoms with E-state index in [-0.39, 0.29) is 5.56 Å². The monoisotopic (exact) mass is 246 g/mol. The van der Waals surface area contributed by atoms with Crippen molar-refractivity contribution in [1.82, 2.24) is 15.5 Å². The number of nitriles is 1. The van der Waals surface area contributed by atoms with Crippen molar-refractivity contribution in [3.05, 3.63) is 46.9 Å². The second-order valence-corrected chi connectivity index (χ2v) is 3.73. The summed E-state index contributed by atoms with van der Waals surface area (Å²) in [6.45, 7) is 2.38. The Bertz CT molecular complexity index is 588. The van der Waals surface area contributed by atoms with Crippen LogP contribution < -0.4 is 5.32 Å². The molecule has 0 spiro atoms. The number of nitrogens with zero attached hydrogens (tertiary/aromatic N) is 3. The first-order chi connectivity index (χ1) is 8.70. The topological polar surface area (TPSA) is 74.7 Å². The van der Waals surface area contributed by atoms with Crippen molar-refractivity contribution in [3.8, 4) is 6.07 Å². The third kappa shape index (κ3) is 2.70. The largest absolute Gasteiger partial charge is 0.338 e. The quantitative estimate of drug-likeness (QED) is 0.888. The number of halogens is 1. The van der Waals surface area contributed by atoms with Gasteiger partial charge in [0.25, 0.3) is 0 Å². The van der Waals surface area contributed by atoms with Gasteiger partial charge in [-0.25, -0.2) is 4.39 Å². The molecule has 2 rings (SSSR count). The molecule has 0 amide bonds. The normalized spacial score (nSPS) is 10.3. The van der Waals surface area contributed by atoms with Crippen LogP contribution in [0.2, 0.25) is 0 Å². The van der Waals surface area contributed by atoms with Gasteiger partial charge < -0.3 is 9.84 Å². The third-order valence-electron chi connectivity index (χ3n) is 2.36. The van der Waals surface area contributed by atoms with Gasteiger partial charge in [0.15, 0.2) is 5.82 Å². The Morgan fingerprint density at radius 3 is 2.94 bits per heavy atom. The Morgan fingerprint density at radius 1 is 1.44 bits per heavy atom. The lowest BCUT2D eigenvalue weighted by atomic mass is 10.1. The Hall–Kier alpha value is -2.26. The van der Waals surface area contributed by atoms with Crippen LogP contribution in [0.1, 0.15) is 22.8 Å². The zero-order chi connectivity index (χ0) is 13.0. The van der Waals surface area contributed by atoms with Crippen LogP contribution in [0.25, 0.3) is 0 Å². The van der Waals surface area contributed by atoms with E-state index in [1.807, 2.05) is 0 Å². The molecule has 1 N–H and O–H groups in total. The second kappa shape index (κ2) is 5.38. The standard InChI is InChI=1S/C12H11FN4O/c1-8-16-11(18-17-8)7-15-6-10-4-2-3-9(5-14)12(10)13/h2-4,15H,6-7H2,1H3. The minimum Gasteiger partial charge on any atom is -0.338 e. The summed E-state index contributed by atoms with van der Waals surface area (Å²) in [5.41, 5.74) is 0.480. The number of rotatable bonds is 4. The molecule has 0 fully saturated rings. The van der Waals surface area contributed by atoms with Crippen LogP contribution in [0, 0.1) is 24.1 Å². The highest BCUT2D eigenvalue weighted by atomic mass is 19.1. The summed E-state index contributed by atoms with van der Waals surface area (Å²) in [6, 6.07) is 6.52. The molecule has 6 heteroatoms. The lowest BCUT2D eigenvalue weighted by Gasteiger charge is -2.04. The lowest BCUT2D eigenvalue weighted by Crippen LogP contribution is -2.14. The second-order valence-electron chi connectivity index (χ2n) is 3.73. The van der Waals surface area contributed by atoms with E-state index in [9.17, 15) is 4.39 Å². The maximum absolute atomic E-state index is 13.7. The van der Waals surface area contributed by atoms with Crippen molar-refractivity contribution in [2.24, 2.45) is 0 Å². The summed E-state index contributed by atoms with van der Waals surface area (Å²) in [4.78, 5) is 4.01. The van der Waals surface area contributed by atoms with Crippen LogP contribution >= 0.6 is 0 Å². The molecular formula is C12H11FN4O. The van der Waals surface area contributed by atoms with Gasteiger partial charge in [-0.2, -0.15) is 10.2 Å². The molecule has 92 valence electrons. The van der Waals surface area contributed by atoms with Gasteiger partial charge in [-0.1, -0.05) is 17.3 Å². The van der Waals surface area contributed by atoms with Crippen LogP contribution in [-0.4, -0.2) is 10.1 Å². The smallest absolute Gasteiger partial charge is 0.240 e. The summed E-state index contributed by atoms with van der Waals surface area (Å²) in [5, 5.41) is 15.3. The van der Waals surface area contributed by atoms with Gasteiger partial charge in [0, 0.05) is 12.1 Å². The van der Waals surface area contributed by atoms with Crippen molar-refractivity contribution in [2.45, 2.75) is 20.0 Å². The van der Waals surface area contributed by atoms with E-state index >= 15 is 0 Å². The van der Waals surface area contributed by atoms with Gasteiger partial charge in [-0.05, 0) is 13.0 Å². The number of benzene rings is 1. The first kappa shape index (κ1) is 12.2. The summed E-state index contributed by atoms with van der Waals surface area (Å²) < 4.78 is 18.6. The minimum atomic E-state index is -0.491. The van der Waals surface area contributed by atoms with E-state index in [1.54, 1.807) is 25.1 Å². The predicted octanol–water partition coefficient (Wildman–Crippen LogP) is 1.68. The van der Waals surface area contributed by atoms with Crippen molar-refractivity contribution in [3.63, 3.8) is 0 Å². The van der Waals surface area contributed by atoms with Crippen LogP contribution in [0.5, 0.6) is 0 Å². The maximum Gasteiger partial charge on any atom is 0.240 e. The van der Waals surface area contributed by atoms with E-state index in [1.165, 1.54) is 6.07 Å². The average molecular weight is 246 g/mol. The van der Waals surface area contributed by atoms with E-state index in [2.05, 4.69) is 15.5 Å². The Morgan fingerprint density at radius 2 is 2.28 bits per heavy atom. The highest BCUT2D eigenvalue weighted by molar-refractivity contribution is 5.34. The number of hydrogen-bond acceptors (Lipinski definition) is 5. The third-order valence-corrected chi connectivity index (χ3v) is 2.36. The van der Waals surface area contributed by atoms with Crippen molar-refractivity contribution in [2.75, 3.05) is 0 Å². The molecule has 0 aliphatic heterocycles. The van der Waals surface area contributed by atoms with Crippen LogP contribution in [0.4, 0.5) is 4.39 Å². The van der Waals surface area contributed by atoms with Crippen LogP contribution in [-0.2, 0) is 13.1 Å². The summed E-state index contributed by atoms with van der Waals surface area (Å²) >= 11 is 0. The number of hydrogen-bond donors (Lipinski definition) is 1. The average Bonchev–Trinajstić information content (AvgIpc) is 2.77. The molecule has 1 aromatic heterocycles. The molecule has 5 nitrogen and oxygen atoms in total. The molecule has 0 aliphatic rings. The fourth-order valence-corrected chi connectivity index (χ4v) is 1.52. The molecule has 18 heavy (non-hydrogen) atoms. The highest BCUT2D eigenvalue weighted by Crippen LogP contribution is 2.11. The molecule has 0 saturated carbocycles. The summed E-state index contributed by atoms with van der Waals surface area (Å²) in [7, 11) is 0. The fourth-order valence-electron chi connectivity index (χ4n) is 1.52. The number of nitrogens with one attached hydrogen (secondary N) is 1. The molecule has 2 aromatic rings. The molecule has 0 radical (unpaired) electrons. The van der Waals surface area contributed by atoms with Gasteiger partial charge in [-0.3, -0.25) is 0 Å². The van der Waals surface area contributed by atoms with Gasteiger partial charge in [0.1, 0.15) is 11.9 Å². The molecular weight excluding hydrogens is 235 g/mol. The van der Waals surface area contributed by atoms with Crippen molar-refractivity contribution < 1.29 is 8.91 Å². The Kier molecular flexibility index (Phi) is 3.65. The van der Waals surface area contributed by atoms with Gasteiger partial charge >= 0.3 is 0 Å².